The second kappa shape index (κ2) is 29.4. The van der Waals surface area contributed by atoms with E-state index in [1.54, 1.807) is 10.4 Å². The molecule has 1 unspecified atom stereocenters. The zero-order valence-corrected chi connectivity index (χ0v) is 48.9. The number of hydrogen-bond acceptors (Lipinski definition) is 3. The number of rotatable bonds is 32. The van der Waals surface area contributed by atoms with E-state index >= 15 is 0 Å². The van der Waals surface area contributed by atoms with Crippen LogP contribution in [-0.4, -0.2) is 76.2 Å². The monoisotopic (exact) mass is 1140 g/mol. The van der Waals surface area contributed by atoms with Gasteiger partial charge < -0.3 is 0 Å². The third-order valence-electron chi connectivity index (χ3n) is 14.0. The Balaban J connectivity index is 1.79. The number of thioether (sulfide) groups is 3. The first-order valence-corrected chi connectivity index (χ1v) is 39.4. The molecule has 0 bridgehead atoms. The van der Waals surface area contributed by atoms with Crippen molar-refractivity contribution < 1.29 is 0 Å². The maximum absolute atomic E-state index is 3.91. The highest BCUT2D eigenvalue weighted by Crippen LogP contribution is 2.59. The zero-order valence-electron chi connectivity index (χ0n) is 38.7. The number of halogens is 3. The molecule has 0 amide bonds. The van der Waals surface area contributed by atoms with Crippen LogP contribution in [0.25, 0.3) is 21.5 Å². The fourth-order valence-corrected chi connectivity index (χ4v) is 33.7. The Hall–Kier alpha value is -0.499. The van der Waals surface area contributed by atoms with E-state index in [9.17, 15) is 0 Å². The van der Waals surface area contributed by atoms with Crippen LogP contribution in [0.5, 0.6) is 0 Å². The van der Waals surface area contributed by atoms with Gasteiger partial charge in [0.15, 0.2) is 0 Å². The summed E-state index contributed by atoms with van der Waals surface area (Å²) in [6.07, 6.45) is 16.4. The maximum Gasteiger partial charge on any atom is 0.121 e. The van der Waals surface area contributed by atoms with Crippen molar-refractivity contribution in [2.45, 2.75) is 105 Å². The molecule has 0 aromatic heterocycles. The summed E-state index contributed by atoms with van der Waals surface area (Å²) in [7, 11) is -5.57. The summed E-state index contributed by atoms with van der Waals surface area (Å²) < 4.78 is 0. The Bertz CT molecular complexity index is 1770. The van der Waals surface area contributed by atoms with Crippen LogP contribution < -0.4 is 0 Å². The quantitative estimate of drug-likeness (QED) is 0.0272. The molecule has 1 heterocycles. The van der Waals surface area contributed by atoms with E-state index in [1.165, 1.54) is 156 Å². The molecule has 0 radical (unpaired) electrons. The summed E-state index contributed by atoms with van der Waals surface area (Å²) in [4.78, 5) is 0. The molecule has 1 aliphatic heterocycles. The van der Waals surface area contributed by atoms with Crippen LogP contribution in [0.1, 0.15) is 67.2 Å². The summed E-state index contributed by atoms with van der Waals surface area (Å²) in [6, 6.07) is 61.4. The van der Waals surface area contributed by atoms with E-state index in [2.05, 4.69) is 211 Å². The van der Waals surface area contributed by atoms with Gasteiger partial charge in [0.1, 0.15) is 8.07 Å². The van der Waals surface area contributed by atoms with E-state index in [4.69, 9.17) is 0 Å². The van der Waals surface area contributed by atoms with E-state index in [0.29, 0.717) is 0 Å². The molecule has 4 aromatic rings. The Morgan fingerprint density at radius 3 is 1.00 bits per heavy atom. The molecule has 4 aromatic carbocycles. The van der Waals surface area contributed by atoms with Crippen molar-refractivity contribution in [3.63, 3.8) is 0 Å². The summed E-state index contributed by atoms with van der Waals surface area (Å²) in [5, 5.41) is 6.85. The van der Waals surface area contributed by atoms with Crippen LogP contribution in [0, 0.1) is 0 Å². The van der Waals surface area contributed by atoms with Gasteiger partial charge in [-0.1, -0.05) is 224 Å². The number of hydrogen-bond donors (Lipinski definition) is 0. The minimum atomic E-state index is -2.50. The normalized spacial score (nSPS) is 15.0. The van der Waals surface area contributed by atoms with Gasteiger partial charge in [0.25, 0.3) is 0 Å². The number of allylic oxidation sites excluding steroid dienone is 2. The molecule has 1 atom stereocenters. The van der Waals surface area contributed by atoms with E-state index in [0.717, 1.165) is 16.0 Å². The topological polar surface area (TPSA) is 0 Å². The summed E-state index contributed by atoms with van der Waals surface area (Å²) in [5.74, 6) is 3.92. The van der Waals surface area contributed by atoms with Crippen LogP contribution >= 0.6 is 83.1 Å². The summed E-state index contributed by atoms with van der Waals surface area (Å²) in [5.41, 5.74) is 8.73. The van der Waals surface area contributed by atoms with E-state index in [1.807, 2.05) is 11.8 Å². The molecule has 0 fully saturated rings. The molecule has 9 heteroatoms. The Labute approximate surface area is 425 Å². The van der Waals surface area contributed by atoms with Gasteiger partial charge in [-0.2, -0.15) is 35.3 Å². The van der Waals surface area contributed by atoms with Crippen LogP contribution in [0.15, 0.2) is 121 Å². The predicted molar refractivity (Wildman–Crippen MR) is 314 cm³/mol. The smallest absolute Gasteiger partial charge is 0.121 e. The Kier molecular flexibility index (Phi) is 24.9. The molecule has 1 aliphatic rings. The maximum atomic E-state index is 3.91. The SMILES string of the molecule is CSCCC[Si](CCCBr)(CCCBr)CCC[Si]1(CCC[Si](CCCBr)(CCCSC)CCSC)C(c2ccccc2)=C(c2ccccc2)C(c2ccccc2)=C1c1ccccc1. The molecule has 0 saturated carbocycles. The molecule has 63 heavy (non-hydrogen) atoms. The standard InChI is InChI=1S/C54H75Br3S3Si3/c1-58-34-19-40-61(37-16-31-55,38-17-32-56)42-21-44-63(45-22-43-62(39-18-33-57,46-36-60-3)41-20-35-59-2)53(49-27-12-6-13-28-49)51(47-23-8-4-9-24-47)52(48-25-10-5-11-26-48)54(63)50-29-14-7-15-30-50/h4-15,23-30H,16-22,31-46H2,1-3H3. The average Bonchev–Trinajstić information content (AvgIpc) is 3.63. The average molecular weight is 1140 g/mol. The van der Waals surface area contributed by atoms with Crippen molar-refractivity contribution in [3.8, 4) is 0 Å². The van der Waals surface area contributed by atoms with Crippen molar-refractivity contribution in [3.05, 3.63) is 144 Å². The largest absolute Gasteiger partial charge is 0.166 e. The van der Waals surface area contributed by atoms with Gasteiger partial charge in [-0.05, 0) is 130 Å². The third-order valence-corrected chi connectivity index (χ3v) is 34.7. The second-order valence-electron chi connectivity index (χ2n) is 18.1. The van der Waals surface area contributed by atoms with Gasteiger partial charge in [0.05, 0.1) is 16.1 Å². The van der Waals surface area contributed by atoms with Crippen LogP contribution in [-0.2, 0) is 0 Å². The first kappa shape index (κ1) is 53.5. The lowest BCUT2D eigenvalue weighted by Gasteiger charge is -2.39. The molecule has 0 N–H and O–H groups in total. The van der Waals surface area contributed by atoms with Crippen molar-refractivity contribution >= 4 is 129 Å². The van der Waals surface area contributed by atoms with E-state index < -0.39 is 24.2 Å². The fourth-order valence-electron chi connectivity index (χ4n) is 11.2. The molecule has 0 saturated heterocycles. The van der Waals surface area contributed by atoms with Gasteiger partial charge in [0.2, 0.25) is 0 Å². The molecule has 0 aliphatic carbocycles. The van der Waals surface area contributed by atoms with Crippen LogP contribution in [0.3, 0.4) is 0 Å². The summed E-state index contributed by atoms with van der Waals surface area (Å²) in [6.45, 7) is 0. The summed E-state index contributed by atoms with van der Waals surface area (Å²) >= 11 is 17.9. The highest BCUT2D eigenvalue weighted by molar-refractivity contribution is 9.09. The lowest BCUT2D eigenvalue weighted by atomic mass is 9.89. The number of benzene rings is 4. The molecule has 0 nitrogen and oxygen atoms in total. The van der Waals surface area contributed by atoms with Crippen molar-refractivity contribution in [1.82, 2.24) is 0 Å². The van der Waals surface area contributed by atoms with Gasteiger partial charge >= 0.3 is 0 Å². The lowest BCUT2D eigenvalue weighted by Crippen LogP contribution is -2.40. The molecular formula is C54H75Br3S3Si3. The van der Waals surface area contributed by atoms with Crippen LogP contribution in [0.4, 0.5) is 0 Å². The fraction of sp³-hybridized carbons (Fsp3) is 0.481. The van der Waals surface area contributed by atoms with Gasteiger partial charge in [0, 0.05) is 16.0 Å². The van der Waals surface area contributed by atoms with Crippen molar-refractivity contribution in [1.29, 1.82) is 0 Å². The van der Waals surface area contributed by atoms with Gasteiger partial charge in [-0.3, -0.25) is 0 Å². The molecule has 0 spiro atoms. The van der Waals surface area contributed by atoms with E-state index in [-0.39, 0.29) is 0 Å². The molecule has 342 valence electrons. The first-order valence-electron chi connectivity index (χ1n) is 23.8. The second-order valence-corrected chi connectivity index (χ2v) is 37.6. The lowest BCUT2D eigenvalue weighted by molar-refractivity contribution is 0.880. The molecular weight excluding hydrogens is 1070 g/mol. The highest BCUT2D eigenvalue weighted by atomic mass is 79.9. The zero-order chi connectivity index (χ0) is 44.6. The Morgan fingerprint density at radius 2 is 0.667 bits per heavy atom. The minimum Gasteiger partial charge on any atom is -0.166 e. The first-order chi connectivity index (χ1) is 31.0. The molecule has 5 rings (SSSR count). The van der Waals surface area contributed by atoms with Crippen LogP contribution in [0.2, 0.25) is 60.4 Å². The van der Waals surface area contributed by atoms with Crippen molar-refractivity contribution in [2.75, 3.05) is 52.0 Å². The predicted octanol–water partition coefficient (Wildman–Crippen LogP) is 18.7. The number of alkyl halides is 3. The third kappa shape index (κ3) is 15.2. The highest BCUT2D eigenvalue weighted by Gasteiger charge is 2.50. The Morgan fingerprint density at radius 1 is 0.365 bits per heavy atom. The van der Waals surface area contributed by atoms with Gasteiger partial charge in [-0.15, -0.1) is 0 Å². The van der Waals surface area contributed by atoms with Crippen molar-refractivity contribution in [2.24, 2.45) is 0 Å². The van der Waals surface area contributed by atoms with Gasteiger partial charge in [-0.25, -0.2) is 0 Å². The minimum absolute atomic E-state index is 1.13.